The highest BCUT2D eigenvalue weighted by Gasteiger charge is 2.32. The normalized spacial score (nSPS) is 16.3. The third kappa shape index (κ3) is 5.66. The van der Waals surface area contributed by atoms with Gasteiger partial charge in [0.1, 0.15) is 5.78 Å². The van der Waals surface area contributed by atoms with Crippen LogP contribution in [0.1, 0.15) is 79.8 Å². The average Bonchev–Trinajstić information content (AvgIpc) is 2.98. The van der Waals surface area contributed by atoms with Crippen molar-refractivity contribution in [1.29, 1.82) is 0 Å². The summed E-state index contributed by atoms with van der Waals surface area (Å²) in [7, 11) is 0. The molecule has 0 radical (unpaired) electrons. The summed E-state index contributed by atoms with van der Waals surface area (Å²) in [5, 5.41) is 6.37. The lowest BCUT2D eigenvalue weighted by Gasteiger charge is -2.11. The minimum absolute atomic E-state index is 0.0709. The van der Waals surface area contributed by atoms with Gasteiger partial charge in [0.05, 0.1) is 17.3 Å². The Hall–Kier alpha value is -2.69. The van der Waals surface area contributed by atoms with E-state index in [0.29, 0.717) is 19.4 Å². The van der Waals surface area contributed by atoms with Crippen molar-refractivity contribution in [1.82, 2.24) is 5.32 Å². The fourth-order valence-corrected chi connectivity index (χ4v) is 3.90. The molecule has 0 saturated carbocycles. The molecule has 2 aliphatic rings. The molecule has 0 fully saturated rings. The number of benzene rings is 1. The van der Waals surface area contributed by atoms with Gasteiger partial charge in [0.25, 0.3) is 0 Å². The summed E-state index contributed by atoms with van der Waals surface area (Å²) in [5.41, 5.74) is 3.80. The minimum atomic E-state index is -0.179. The van der Waals surface area contributed by atoms with Crippen molar-refractivity contribution in [3.05, 3.63) is 41.0 Å². The number of hydrogen-bond acceptors (Lipinski definition) is 4. The van der Waals surface area contributed by atoms with Crippen molar-refractivity contribution in [2.45, 2.75) is 64.3 Å². The quantitative estimate of drug-likeness (QED) is 0.541. The van der Waals surface area contributed by atoms with Crippen LogP contribution in [0.5, 0.6) is 0 Å². The number of fused-ring (bicyclic) bond motifs is 6. The van der Waals surface area contributed by atoms with Crippen LogP contribution in [0.15, 0.2) is 24.3 Å². The molecule has 0 saturated heterocycles. The fraction of sp³-hybridized carbons (Fsp3) is 0.458. The first-order valence-electron chi connectivity index (χ1n) is 10.6. The van der Waals surface area contributed by atoms with E-state index >= 15 is 0 Å². The first-order chi connectivity index (χ1) is 14.1. The summed E-state index contributed by atoms with van der Waals surface area (Å²) in [6.45, 7) is 2.24. The van der Waals surface area contributed by atoms with Crippen LogP contribution in [-0.4, -0.2) is 30.1 Å². The standard InChI is InChI=1S/C24H30N2O3/c1-17(27)9-3-2-4-13-21(28)25-16-8-7-12-20-24(29)22-18-10-5-6-11-19(15-14-18)23(22)26-20/h5-6,10-11,14-15,20,26H,2-4,7-9,12-13,16H2,1H3,(H,25,28). The summed E-state index contributed by atoms with van der Waals surface area (Å²) in [5.74, 6) is 0.453. The van der Waals surface area contributed by atoms with Gasteiger partial charge in [-0.1, -0.05) is 42.9 Å². The van der Waals surface area contributed by atoms with Crippen LogP contribution < -0.4 is 10.6 Å². The van der Waals surface area contributed by atoms with E-state index in [2.05, 4.69) is 10.6 Å². The fourth-order valence-electron chi connectivity index (χ4n) is 3.90. The molecule has 2 bridgehead atoms. The van der Waals surface area contributed by atoms with Crippen LogP contribution in [0.4, 0.5) is 5.69 Å². The lowest BCUT2D eigenvalue weighted by Crippen LogP contribution is -2.25. The van der Waals surface area contributed by atoms with Crippen molar-refractivity contribution in [3.63, 3.8) is 0 Å². The van der Waals surface area contributed by atoms with Gasteiger partial charge in [0.15, 0.2) is 5.78 Å². The second-order valence-electron chi connectivity index (χ2n) is 7.88. The molecule has 5 nitrogen and oxygen atoms in total. The third-order valence-electron chi connectivity index (χ3n) is 5.49. The zero-order chi connectivity index (χ0) is 20.6. The molecule has 1 aromatic rings. The lowest BCUT2D eigenvalue weighted by molar-refractivity contribution is -0.121. The van der Waals surface area contributed by atoms with Crippen LogP contribution >= 0.6 is 0 Å². The number of hydrogen-bond donors (Lipinski definition) is 2. The van der Waals surface area contributed by atoms with E-state index in [0.717, 1.165) is 60.9 Å². The van der Waals surface area contributed by atoms with E-state index in [1.54, 1.807) is 6.92 Å². The third-order valence-corrected chi connectivity index (χ3v) is 5.49. The van der Waals surface area contributed by atoms with Gasteiger partial charge in [-0.3, -0.25) is 9.59 Å². The zero-order valence-corrected chi connectivity index (χ0v) is 17.1. The van der Waals surface area contributed by atoms with Crippen LogP contribution in [-0.2, 0) is 9.59 Å². The SMILES string of the molecule is CC(=O)CCCCCC(=O)NCCCCC1Nc2c3ccc(c2C1=O)C=CC=C3. The van der Waals surface area contributed by atoms with E-state index < -0.39 is 0 Å². The Morgan fingerprint density at radius 2 is 1.69 bits per heavy atom. The van der Waals surface area contributed by atoms with Crippen molar-refractivity contribution in [2.75, 3.05) is 11.9 Å². The van der Waals surface area contributed by atoms with Crippen molar-refractivity contribution in [2.24, 2.45) is 0 Å². The second kappa shape index (κ2) is 10.2. The minimum Gasteiger partial charge on any atom is -0.374 e. The van der Waals surface area contributed by atoms with E-state index in [1.807, 2.05) is 36.4 Å². The number of ketones is 2. The highest BCUT2D eigenvalue weighted by Crippen LogP contribution is 2.36. The van der Waals surface area contributed by atoms with Crippen LogP contribution in [0, 0.1) is 0 Å². The van der Waals surface area contributed by atoms with E-state index in [1.165, 1.54) is 0 Å². The highest BCUT2D eigenvalue weighted by atomic mass is 16.1. The average molecular weight is 395 g/mol. The van der Waals surface area contributed by atoms with Gasteiger partial charge in [-0.05, 0) is 50.2 Å². The Morgan fingerprint density at radius 1 is 0.966 bits per heavy atom. The number of carbonyl (C=O) groups excluding carboxylic acids is 3. The maximum atomic E-state index is 12.8. The molecule has 1 aromatic carbocycles. The number of carbonyl (C=O) groups is 3. The maximum absolute atomic E-state index is 12.8. The second-order valence-corrected chi connectivity index (χ2v) is 7.88. The number of anilines is 1. The molecule has 1 amide bonds. The summed E-state index contributed by atoms with van der Waals surface area (Å²) in [4.78, 5) is 35.6. The number of unbranched alkanes of at least 4 members (excludes halogenated alkanes) is 3. The molecule has 1 aliphatic heterocycles. The van der Waals surface area contributed by atoms with E-state index in [-0.39, 0.29) is 23.5 Å². The van der Waals surface area contributed by atoms with Gasteiger partial charge in [-0.2, -0.15) is 0 Å². The molecule has 0 aromatic heterocycles. The lowest BCUT2D eigenvalue weighted by atomic mass is 9.95. The Balaban J connectivity index is 1.34. The van der Waals surface area contributed by atoms with Gasteiger partial charge >= 0.3 is 0 Å². The number of Topliss-reactive ketones (excluding diaryl/α,β-unsaturated/α-hetero) is 2. The molecule has 1 heterocycles. The van der Waals surface area contributed by atoms with Crippen molar-refractivity contribution >= 4 is 35.3 Å². The van der Waals surface area contributed by atoms with Gasteiger partial charge < -0.3 is 15.4 Å². The van der Waals surface area contributed by atoms with E-state index in [9.17, 15) is 14.4 Å². The molecule has 1 aliphatic carbocycles. The monoisotopic (exact) mass is 394 g/mol. The molecular weight excluding hydrogens is 364 g/mol. The van der Waals surface area contributed by atoms with Crippen LogP contribution in [0.25, 0.3) is 12.2 Å². The first-order valence-corrected chi connectivity index (χ1v) is 10.6. The Morgan fingerprint density at radius 3 is 2.48 bits per heavy atom. The van der Waals surface area contributed by atoms with Gasteiger partial charge in [0.2, 0.25) is 5.91 Å². The molecule has 1 unspecified atom stereocenters. The molecule has 2 N–H and O–H groups in total. The largest absolute Gasteiger partial charge is 0.374 e. The highest BCUT2D eigenvalue weighted by molar-refractivity contribution is 6.14. The van der Waals surface area contributed by atoms with Crippen LogP contribution in [0.3, 0.4) is 0 Å². The van der Waals surface area contributed by atoms with Gasteiger partial charge in [-0.25, -0.2) is 0 Å². The molecular formula is C24H30N2O3. The number of allylic oxidation sites excluding steroid dienone is 2. The first kappa shape index (κ1) is 21.0. The number of nitrogens with one attached hydrogen (secondary N) is 2. The molecule has 3 rings (SSSR count). The van der Waals surface area contributed by atoms with Gasteiger partial charge in [-0.15, -0.1) is 0 Å². The number of rotatable bonds is 11. The Kier molecular flexibility index (Phi) is 7.39. The summed E-state index contributed by atoms with van der Waals surface area (Å²) in [6.07, 6.45) is 14.2. The van der Waals surface area contributed by atoms with Crippen molar-refractivity contribution in [3.8, 4) is 0 Å². The molecule has 154 valence electrons. The summed E-state index contributed by atoms with van der Waals surface area (Å²) >= 11 is 0. The van der Waals surface area contributed by atoms with Gasteiger partial charge in [0, 0.05) is 19.4 Å². The topological polar surface area (TPSA) is 75.3 Å². The molecule has 29 heavy (non-hydrogen) atoms. The number of amides is 1. The predicted octanol–water partition coefficient (Wildman–Crippen LogP) is 4.53. The van der Waals surface area contributed by atoms with Crippen LogP contribution in [0.2, 0.25) is 0 Å². The predicted molar refractivity (Wildman–Crippen MR) is 117 cm³/mol. The van der Waals surface area contributed by atoms with Crippen molar-refractivity contribution < 1.29 is 14.4 Å². The molecule has 5 heteroatoms. The smallest absolute Gasteiger partial charge is 0.219 e. The Bertz CT molecular complexity index is 839. The maximum Gasteiger partial charge on any atom is 0.219 e. The molecule has 0 spiro atoms. The summed E-state index contributed by atoms with van der Waals surface area (Å²) in [6, 6.07) is 3.87. The zero-order valence-electron chi connectivity index (χ0n) is 17.1. The van der Waals surface area contributed by atoms with E-state index in [4.69, 9.17) is 0 Å². The Labute approximate surface area is 172 Å². The summed E-state index contributed by atoms with van der Waals surface area (Å²) < 4.78 is 0. The molecule has 1 atom stereocenters.